The van der Waals surface area contributed by atoms with E-state index in [4.69, 9.17) is 0 Å². The maximum atomic E-state index is 13.0. The fourth-order valence-electron chi connectivity index (χ4n) is 3.15. The van der Waals surface area contributed by atoms with Crippen LogP contribution in [0.2, 0.25) is 0 Å². The summed E-state index contributed by atoms with van der Waals surface area (Å²) in [7, 11) is 0. The second kappa shape index (κ2) is 7.31. The van der Waals surface area contributed by atoms with Gasteiger partial charge < -0.3 is 0 Å². The SMILES string of the molecule is FC(F)(F)c1cccc(-c2cccc(-c3cccc(-c4ccccn4)c3)c2)c1. The Morgan fingerprint density at radius 3 is 1.64 bits per heavy atom. The summed E-state index contributed by atoms with van der Waals surface area (Å²) in [5, 5.41) is 0. The second-order valence-electron chi connectivity index (χ2n) is 6.46. The van der Waals surface area contributed by atoms with Gasteiger partial charge in [0.25, 0.3) is 0 Å². The van der Waals surface area contributed by atoms with Crippen molar-refractivity contribution in [2.24, 2.45) is 0 Å². The van der Waals surface area contributed by atoms with Crippen LogP contribution in [0.25, 0.3) is 33.5 Å². The fraction of sp³-hybridized carbons (Fsp3) is 0.0417. The minimum atomic E-state index is -4.36. The molecule has 4 heteroatoms. The maximum absolute atomic E-state index is 13.0. The van der Waals surface area contributed by atoms with E-state index in [9.17, 15) is 13.2 Å². The van der Waals surface area contributed by atoms with Crippen molar-refractivity contribution in [2.45, 2.75) is 6.18 Å². The van der Waals surface area contributed by atoms with E-state index >= 15 is 0 Å². The predicted octanol–water partition coefficient (Wildman–Crippen LogP) is 7.10. The lowest BCUT2D eigenvalue weighted by Gasteiger charge is -2.11. The number of hydrogen-bond acceptors (Lipinski definition) is 1. The van der Waals surface area contributed by atoms with Crippen LogP contribution in [-0.4, -0.2) is 4.98 Å². The quantitative estimate of drug-likeness (QED) is 0.372. The Morgan fingerprint density at radius 2 is 1.07 bits per heavy atom. The second-order valence-corrected chi connectivity index (χ2v) is 6.46. The number of pyridine rings is 1. The third-order valence-electron chi connectivity index (χ3n) is 4.54. The van der Waals surface area contributed by atoms with Gasteiger partial charge in [-0.2, -0.15) is 13.2 Å². The van der Waals surface area contributed by atoms with E-state index in [1.807, 2.05) is 66.7 Å². The molecule has 0 atom stereocenters. The Kier molecular flexibility index (Phi) is 4.70. The Morgan fingerprint density at radius 1 is 0.536 bits per heavy atom. The minimum Gasteiger partial charge on any atom is -0.256 e. The van der Waals surface area contributed by atoms with Gasteiger partial charge in [-0.05, 0) is 58.7 Å². The molecule has 0 bridgehead atoms. The van der Waals surface area contributed by atoms with Gasteiger partial charge in [0.05, 0.1) is 11.3 Å². The molecule has 0 aliphatic heterocycles. The lowest BCUT2D eigenvalue weighted by atomic mass is 9.96. The number of nitrogens with zero attached hydrogens (tertiary/aromatic N) is 1. The normalized spacial score (nSPS) is 11.4. The number of benzene rings is 3. The fourth-order valence-corrected chi connectivity index (χ4v) is 3.15. The summed E-state index contributed by atoms with van der Waals surface area (Å²) in [6.45, 7) is 0. The third kappa shape index (κ3) is 3.81. The summed E-state index contributed by atoms with van der Waals surface area (Å²) in [5.74, 6) is 0. The van der Waals surface area contributed by atoms with E-state index in [2.05, 4.69) is 4.98 Å². The summed E-state index contributed by atoms with van der Waals surface area (Å²) >= 11 is 0. The first kappa shape index (κ1) is 18.0. The zero-order valence-corrected chi connectivity index (χ0v) is 14.8. The van der Waals surface area contributed by atoms with Crippen LogP contribution >= 0.6 is 0 Å². The molecule has 0 aliphatic rings. The van der Waals surface area contributed by atoms with E-state index in [-0.39, 0.29) is 0 Å². The van der Waals surface area contributed by atoms with E-state index in [1.54, 1.807) is 12.3 Å². The molecule has 138 valence electrons. The van der Waals surface area contributed by atoms with E-state index in [0.717, 1.165) is 34.0 Å². The van der Waals surface area contributed by atoms with E-state index < -0.39 is 11.7 Å². The lowest BCUT2D eigenvalue weighted by Crippen LogP contribution is -2.04. The summed E-state index contributed by atoms with van der Waals surface area (Å²) in [6, 6.07) is 26.7. The first-order valence-electron chi connectivity index (χ1n) is 8.80. The molecule has 0 amide bonds. The van der Waals surface area contributed by atoms with Crippen molar-refractivity contribution in [3.05, 3.63) is 103 Å². The Balaban J connectivity index is 1.73. The molecule has 28 heavy (non-hydrogen) atoms. The Labute approximate surface area is 161 Å². The standard InChI is InChI=1S/C24H16F3N/c25-24(26,27)22-11-5-9-20(16-22)18-7-3-6-17(14-18)19-8-4-10-21(15-19)23-12-1-2-13-28-23/h1-16H. The molecule has 0 unspecified atom stereocenters. The Hall–Kier alpha value is -3.40. The highest BCUT2D eigenvalue weighted by Gasteiger charge is 2.30. The van der Waals surface area contributed by atoms with Crippen molar-refractivity contribution in [1.29, 1.82) is 0 Å². The molecule has 4 aromatic rings. The van der Waals surface area contributed by atoms with Crippen LogP contribution in [0.15, 0.2) is 97.2 Å². The number of halogens is 3. The molecule has 0 aliphatic carbocycles. The van der Waals surface area contributed by atoms with Gasteiger partial charge >= 0.3 is 6.18 Å². The molecule has 0 radical (unpaired) electrons. The number of rotatable bonds is 3. The largest absolute Gasteiger partial charge is 0.416 e. The zero-order valence-electron chi connectivity index (χ0n) is 14.8. The van der Waals surface area contributed by atoms with Crippen molar-refractivity contribution in [1.82, 2.24) is 4.98 Å². The van der Waals surface area contributed by atoms with E-state index in [1.165, 1.54) is 12.1 Å². The molecule has 0 N–H and O–H groups in total. The molecule has 0 spiro atoms. The summed E-state index contributed by atoms with van der Waals surface area (Å²) in [6.07, 6.45) is -2.61. The predicted molar refractivity (Wildman–Crippen MR) is 106 cm³/mol. The summed E-state index contributed by atoms with van der Waals surface area (Å²) < 4.78 is 39.1. The van der Waals surface area contributed by atoms with Crippen molar-refractivity contribution in [2.75, 3.05) is 0 Å². The van der Waals surface area contributed by atoms with E-state index in [0.29, 0.717) is 5.56 Å². The van der Waals surface area contributed by atoms with Gasteiger partial charge in [0.2, 0.25) is 0 Å². The van der Waals surface area contributed by atoms with Crippen molar-refractivity contribution >= 4 is 0 Å². The number of aromatic nitrogens is 1. The molecule has 4 rings (SSSR count). The summed E-state index contributed by atoms with van der Waals surface area (Å²) in [4.78, 5) is 4.38. The number of hydrogen-bond donors (Lipinski definition) is 0. The van der Waals surface area contributed by atoms with Crippen LogP contribution in [-0.2, 0) is 6.18 Å². The molecule has 0 saturated carbocycles. The molecule has 1 heterocycles. The minimum absolute atomic E-state index is 0.539. The molecular formula is C24H16F3N. The van der Waals surface area contributed by atoms with Crippen LogP contribution in [0.3, 0.4) is 0 Å². The van der Waals surface area contributed by atoms with Crippen molar-refractivity contribution in [3.8, 4) is 33.5 Å². The van der Waals surface area contributed by atoms with Gasteiger partial charge in [-0.3, -0.25) is 4.98 Å². The smallest absolute Gasteiger partial charge is 0.256 e. The molecular weight excluding hydrogens is 359 g/mol. The lowest BCUT2D eigenvalue weighted by molar-refractivity contribution is -0.137. The highest BCUT2D eigenvalue weighted by Crippen LogP contribution is 2.33. The average molecular weight is 375 g/mol. The third-order valence-corrected chi connectivity index (χ3v) is 4.54. The van der Waals surface area contributed by atoms with Gasteiger partial charge in [-0.1, -0.05) is 54.6 Å². The molecule has 3 aromatic carbocycles. The van der Waals surface area contributed by atoms with Gasteiger partial charge in [0.15, 0.2) is 0 Å². The topological polar surface area (TPSA) is 12.9 Å². The van der Waals surface area contributed by atoms with Gasteiger partial charge in [-0.25, -0.2) is 0 Å². The Bertz CT molecular complexity index is 1100. The number of alkyl halides is 3. The highest BCUT2D eigenvalue weighted by molar-refractivity contribution is 5.76. The first-order valence-corrected chi connectivity index (χ1v) is 8.80. The van der Waals surface area contributed by atoms with Crippen LogP contribution in [0, 0.1) is 0 Å². The van der Waals surface area contributed by atoms with Crippen LogP contribution in [0.4, 0.5) is 13.2 Å². The van der Waals surface area contributed by atoms with Crippen LogP contribution < -0.4 is 0 Å². The summed E-state index contributed by atoms with van der Waals surface area (Å²) in [5.41, 5.74) is 4.42. The molecule has 0 fully saturated rings. The van der Waals surface area contributed by atoms with Crippen LogP contribution in [0.1, 0.15) is 5.56 Å². The molecule has 1 aromatic heterocycles. The first-order chi connectivity index (χ1) is 13.5. The van der Waals surface area contributed by atoms with Crippen molar-refractivity contribution < 1.29 is 13.2 Å². The monoisotopic (exact) mass is 375 g/mol. The van der Waals surface area contributed by atoms with Gasteiger partial charge in [0.1, 0.15) is 0 Å². The highest BCUT2D eigenvalue weighted by atomic mass is 19.4. The average Bonchev–Trinajstić information content (AvgIpc) is 2.74. The van der Waals surface area contributed by atoms with Gasteiger partial charge in [-0.15, -0.1) is 0 Å². The molecule has 1 nitrogen and oxygen atoms in total. The zero-order chi connectivity index (χ0) is 19.6. The maximum Gasteiger partial charge on any atom is 0.416 e. The molecule has 0 saturated heterocycles. The van der Waals surface area contributed by atoms with Gasteiger partial charge in [0, 0.05) is 11.8 Å². The van der Waals surface area contributed by atoms with Crippen molar-refractivity contribution in [3.63, 3.8) is 0 Å². The van der Waals surface area contributed by atoms with Crippen LogP contribution in [0.5, 0.6) is 0 Å².